The average molecular weight is 624 g/mol. The second-order valence-electron chi connectivity index (χ2n) is 9.14. The van der Waals surface area contributed by atoms with E-state index in [-0.39, 0.29) is 30.6 Å². The molecule has 1 aromatic heterocycles. The van der Waals surface area contributed by atoms with Gasteiger partial charge in [0.25, 0.3) is 0 Å². The van der Waals surface area contributed by atoms with Crippen LogP contribution >= 0.6 is 40.7 Å². The molecule has 1 aliphatic carbocycles. The molecule has 1 heterocycles. The summed E-state index contributed by atoms with van der Waals surface area (Å²) in [7, 11) is 4.07. The third-order valence-electron chi connectivity index (χ3n) is 6.34. The van der Waals surface area contributed by atoms with E-state index in [2.05, 4.69) is 48.3 Å². The minimum atomic E-state index is -4.71. The van der Waals surface area contributed by atoms with Gasteiger partial charge in [0.2, 0.25) is 0 Å². The Kier molecular flexibility index (Phi) is 11.6. The lowest BCUT2D eigenvalue weighted by Gasteiger charge is -2.30. The van der Waals surface area contributed by atoms with Crippen LogP contribution in [-0.4, -0.2) is 44.1 Å². The molecule has 0 saturated heterocycles. The first-order valence-corrected chi connectivity index (χ1v) is 12.6. The van der Waals surface area contributed by atoms with Crippen molar-refractivity contribution < 1.29 is 17.9 Å². The molecule has 1 saturated carbocycles. The number of benzene rings is 2. The van der Waals surface area contributed by atoms with Crippen molar-refractivity contribution in [3.05, 3.63) is 58.6 Å². The van der Waals surface area contributed by atoms with Gasteiger partial charge in [0.15, 0.2) is 0 Å². The highest BCUT2D eigenvalue weighted by atomic mass is 79.9. The summed E-state index contributed by atoms with van der Waals surface area (Å²) >= 11 is 3.21. The quantitative estimate of drug-likeness (QED) is 0.275. The van der Waals surface area contributed by atoms with Gasteiger partial charge in [0.05, 0.1) is 5.52 Å². The minimum absolute atomic E-state index is 0. The average Bonchev–Trinajstić information content (AvgIpc) is 2.80. The van der Waals surface area contributed by atoms with E-state index in [4.69, 9.17) is 4.98 Å². The van der Waals surface area contributed by atoms with Crippen LogP contribution < -0.4 is 20.3 Å². The molecule has 1 fully saturated rings. The minimum Gasteiger partial charge on any atom is -0.405 e. The lowest BCUT2D eigenvalue weighted by Crippen LogP contribution is -2.38. The number of alkyl halides is 3. The van der Waals surface area contributed by atoms with Gasteiger partial charge < -0.3 is 20.3 Å². The smallest absolute Gasteiger partial charge is 0.405 e. The van der Waals surface area contributed by atoms with E-state index in [1.54, 1.807) is 12.1 Å². The summed E-state index contributed by atoms with van der Waals surface area (Å²) < 4.78 is 42.9. The molecule has 0 atom stereocenters. The van der Waals surface area contributed by atoms with Crippen LogP contribution in [0.4, 0.5) is 24.7 Å². The molecule has 2 N–H and O–H groups in total. The maximum absolute atomic E-state index is 12.7. The van der Waals surface area contributed by atoms with Crippen molar-refractivity contribution >= 4 is 63.2 Å². The first-order valence-electron chi connectivity index (χ1n) is 11.8. The van der Waals surface area contributed by atoms with Gasteiger partial charge in [0, 0.05) is 47.8 Å². The highest BCUT2D eigenvalue weighted by Gasteiger charge is 2.32. The normalized spacial score (nSPS) is 17.5. The summed E-state index contributed by atoms with van der Waals surface area (Å²) in [6.07, 6.45) is -0.239. The van der Waals surface area contributed by atoms with Gasteiger partial charge in [-0.25, -0.2) is 4.98 Å². The SMILES string of the molecule is CN(C)c1cc(NC2CCC(NCCc3ccc(Br)cc3OC(F)(F)F)CC2)nc2ccccc12.Cl.Cl. The Balaban J connectivity index is 0.00000241. The van der Waals surface area contributed by atoms with Crippen molar-refractivity contribution in [2.75, 3.05) is 30.9 Å². The van der Waals surface area contributed by atoms with Crippen LogP contribution in [0.3, 0.4) is 0 Å². The third kappa shape index (κ3) is 8.80. The Morgan fingerprint density at radius 2 is 1.68 bits per heavy atom. The molecular formula is C26H32BrCl2F3N4O. The van der Waals surface area contributed by atoms with Crippen molar-refractivity contribution in [3.63, 3.8) is 0 Å². The van der Waals surface area contributed by atoms with Crippen molar-refractivity contribution in [1.82, 2.24) is 10.3 Å². The zero-order chi connectivity index (χ0) is 25.0. The molecule has 4 rings (SSSR count). The highest BCUT2D eigenvalue weighted by Crippen LogP contribution is 2.31. The number of halogens is 6. The van der Waals surface area contributed by atoms with Crippen molar-refractivity contribution in [3.8, 4) is 5.75 Å². The lowest BCUT2D eigenvalue weighted by atomic mass is 9.91. The predicted octanol–water partition coefficient (Wildman–Crippen LogP) is 7.36. The molecule has 0 spiro atoms. The van der Waals surface area contributed by atoms with Gasteiger partial charge in [0.1, 0.15) is 11.6 Å². The number of hydrogen-bond donors (Lipinski definition) is 2. The molecule has 0 bridgehead atoms. The second-order valence-corrected chi connectivity index (χ2v) is 10.1. The maximum atomic E-state index is 12.7. The number of rotatable bonds is 8. The predicted molar refractivity (Wildman–Crippen MR) is 153 cm³/mol. The molecule has 204 valence electrons. The fraction of sp³-hybridized carbons (Fsp3) is 0.423. The largest absolute Gasteiger partial charge is 0.573 e. The molecule has 0 radical (unpaired) electrons. The van der Waals surface area contributed by atoms with Crippen LogP contribution in [0.2, 0.25) is 0 Å². The zero-order valence-electron chi connectivity index (χ0n) is 20.6. The van der Waals surface area contributed by atoms with Crippen molar-refractivity contribution in [2.45, 2.75) is 50.6 Å². The van der Waals surface area contributed by atoms with Gasteiger partial charge in [-0.3, -0.25) is 0 Å². The summed E-state index contributed by atoms with van der Waals surface area (Å²) in [5.74, 6) is 0.734. The van der Waals surface area contributed by atoms with Gasteiger partial charge >= 0.3 is 6.36 Å². The van der Waals surface area contributed by atoms with Gasteiger partial charge in [-0.2, -0.15) is 0 Å². The number of ether oxygens (including phenoxy) is 1. The van der Waals surface area contributed by atoms with Crippen LogP contribution in [0, 0.1) is 0 Å². The molecule has 0 aliphatic heterocycles. The summed E-state index contributed by atoms with van der Waals surface area (Å²) in [4.78, 5) is 6.91. The fourth-order valence-corrected chi connectivity index (χ4v) is 4.96. The van der Waals surface area contributed by atoms with Crippen LogP contribution in [0.25, 0.3) is 10.9 Å². The Labute approximate surface area is 236 Å². The molecule has 0 amide bonds. The maximum Gasteiger partial charge on any atom is 0.573 e. The van der Waals surface area contributed by atoms with E-state index in [1.807, 2.05) is 32.3 Å². The number of nitrogens with one attached hydrogen (secondary N) is 2. The fourth-order valence-electron chi connectivity index (χ4n) is 4.62. The molecule has 37 heavy (non-hydrogen) atoms. The molecule has 11 heteroatoms. The molecular weight excluding hydrogens is 592 g/mol. The molecule has 2 aromatic carbocycles. The monoisotopic (exact) mass is 622 g/mol. The van der Waals surface area contributed by atoms with E-state index < -0.39 is 6.36 Å². The van der Waals surface area contributed by atoms with Crippen LogP contribution in [0.5, 0.6) is 5.75 Å². The first-order chi connectivity index (χ1) is 16.7. The second kappa shape index (κ2) is 13.7. The van der Waals surface area contributed by atoms with Crippen molar-refractivity contribution in [1.29, 1.82) is 0 Å². The summed E-state index contributed by atoms with van der Waals surface area (Å²) in [5.41, 5.74) is 2.64. The standard InChI is InChI=1S/C26H30BrF3N4O.2ClH/c1-34(2)23-16-25(33-22-6-4-3-5-21(22)23)32-20-11-9-19(10-12-20)31-14-13-17-7-8-18(27)15-24(17)35-26(28,29)30;;/h3-8,15-16,19-20,31H,9-14H2,1-2H3,(H,32,33);2*1H. The number of anilines is 2. The van der Waals surface area contributed by atoms with Crippen molar-refractivity contribution in [2.24, 2.45) is 0 Å². The number of hydrogen-bond acceptors (Lipinski definition) is 5. The number of para-hydroxylation sites is 1. The Morgan fingerprint density at radius 1 is 1.00 bits per heavy atom. The van der Waals surface area contributed by atoms with Gasteiger partial charge in [-0.1, -0.05) is 40.2 Å². The van der Waals surface area contributed by atoms with Crippen LogP contribution in [0.1, 0.15) is 31.2 Å². The number of fused-ring (bicyclic) bond motifs is 1. The van der Waals surface area contributed by atoms with Crippen LogP contribution in [-0.2, 0) is 6.42 Å². The summed E-state index contributed by atoms with van der Waals surface area (Å²) in [5, 5.41) is 8.25. The van der Waals surface area contributed by atoms with E-state index in [9.17, 15) is 13.2 Å². The number of aromatic nitrogens is 1. The number of pyridine rings is 1. The third-order valence-corrected chi connectivity index (χ3v) is 6.83. The van der Waals surface area contributed by atoms with E-state index in [1.165, 1.54) is 6.07 Å². The topological polar surface area (TPSA) is 49.4 Å². The Bertz CT molecular complexity index is 1160. The Hall–Kier alpha value is -1.94. The summed E-state index contributed by atoms with van der Waals surface area (Å²) in [6.45, 7) is 0.594. The van der Waals surface area contributed by atoms with Crippen LogP contribution in [0.15, 0.2) is 53.0 Å². The molecule has 1 aliphatic rings. The van der Waals surface area contributed by atoms with E-state index in [0.29, 0.717) is 35.1 Å². The molecule has 3 aromatic rings. The first kappa shape index (κ1) is 31.3. The molecule has 5 nitrogen and oxygen atoms in total. The number of nitrogens with zero attached hydrogens (tertiary/aromatic N) is 2. The lowest BCUT2D eigenvalue weighted by molar-refractivity contribution is -0.274. The van der Waals surface area contributed by atoms with E-state index >= 15 is 0 Å². The highest BCUT2D eigenvalue weighted by molar-refractivity contribution is 9.10. The zero-order valence-corrected chi connectivity index (χ0v) is 23.9. The van der Waals surface area contributed by atoms with Gasteiger partial charge in [-0.05, 0) is 62.4 Å². The molecule has 0 unspecified atom stereocenters. The van der Waals surface area contributed by atoms with Gasteiger partial charge in [-0.15, -0.1) is 38.0 Å². The summed E-state index contributed by atoms with van der Waals surface area (Å²) in [6, 6.07) is 15.7. The van der Waals surface area contributed by atoms with E-state index in [0.717, 1.165) is 48.1 Å². The Morgan fingerprint density at radius 3 is 2.35 bits per heavy atom.